The van der Waals surface area contributed by atoms with Crippen LogP contribution in [0.5, 0.6) is 0 Å². The second kappa shape index (κ2) is 5.67. The zero-order chi connectivity index (χ0) is 11.3. The molecule has 1 fully saturated rings. The summed E-state index contributed by atoms with van der Waals surface area (Å²) < 4.78 is 5.08. The fraction of sp³-hybridized carbons (Fsp3) is 0.778. The van der Waals surface area contributed by atoms with Gasteiger partial charge in [-0.2, -0.15) is 0 Å². The molecular weight excluding hydrogens is 202 g/mol. The molecule has 6 nitrogen and oxygen atoms in total. The number of rotatable bonds is 4. The first-order valence-corrected chi connectivity index (χ1v) is 4.87. The number of amides is 1. The van der Waals surface area contributed by atoms with E-state index in [-0.39, 0.29) is 11.8 Å². The number of carbonyl (C=O) groups is 2. The van der Waals surface area contributed by atoms with Gasteiger partial charge in [0.1, 0.15) is 6.04 Å². The molecule has 1 amide bonds. The summed E-state index contributed by atoms with van der Waals surface area (Å²) in [7, 11) is 0. The minimum atomic E-state index is -1.22. The first-order valence-electron chi connectivity index (χ1n) is 4.87. The van der Waals surface area contributed by atoms with Crippen LogP contribution in [0.3, 0.4) is 0 Å². The van der Waals surface area contributed by atoms with Crippen molar-refractivity contribution in [1.82, 2.24) is 5.32 Å². The molecule has 1 atom stereocenters. The number of aliphatic hydroxyl groups excluding tert-OH is 1. The Balaban J connectivity index is 2.42. The predicted molar refractivity (Wildman–Crippen MR) is 50.2 cm³/mol. The van der Waals surface area contributed by atoms with Crippen LogP contribution in [0.1, 0.15) is 12.8 Å². The lowest BCUT2D eigenvalue weighted by Crippen LogP contribution is -2.46. The zero-order valence-electron chi connectivity index (χ0n) is 8.31. The summed E-state index contributed by atoms with van der Waals surface area (Å²) in [6, 6.07) is -1.21. The minimum absolute atomic E-state index is 0.202. The molecule has 3 N–H and O–H groups in total. The summed E-state index contributed by atoms with van der Waals surface area (Å²) in [5.41, 5.74) is 0. The highest BCUT2D eigenvalue weighted by Gasteiger charge is 2.26. The molecule has 1 aliphatic rings. The van der Waals surface area contributed by atoms with Crippen molar-refractivity contribution in [3.8, 4) is 0 Å². The van der Waals surface area contributed by atoms with Crippen LogP contribution in [0.4, 0.5) is 0 Å². The number of ether oxygens (including phenoxy) is 1. The lowest BCUT2D eigenvalue weighted by molar-refractivity contribution is -0.144. The van der Waals surface area contributed by atoms with Gasteiger partial charge in [-0.15, -0.1) is 0 Å². The molecule has 86 valence electrons. The first kappa shape index (κ1) is 11.9. The third kappa shape index (κ3) is 3.49. The predicted octanol–water partition coefficient (Wildman–Crippen LogP) is -1.03. The Labute approximate surface area is 87.2 Å². The average Bonchev–Trinajstić information content (AvgIpc) is 2.26. The molecule has 0 bridgehead atoms. The standard InChI is InChI=1S/C9H15NO5/c11-5-7(9(13)14)10-8(12)6-1-3-15-4-2-6/h6-7,11H,1-5H2,(H,10,12)(H,13,14)/t7-/m0/s1. The summed E-state index contributed by atoms with van der Waals surface area (Å²) in [4.78, 5) is 22.1. The third-order valence-electron chi connectivity index (χ3n) is 2.39. The van der Waals surface area contributed by atoms with Crippen LogP contribution in [0.2, 0.25) is 0 Å². The molecule has 1 aliphatic heterocycles. The van der Waals surface area contributed by atoms with Gasteiger partial charge in [0.2, 0.25) is 5.91 Å². The van der Waals surface area contributed by atoms with Crippen LogP contribution >= 0.6 is 0 Å². The van der Waals surface area contributed by atoms with Gasteiger partial charge in [-0.25, -0.2) is 4.79 Å². The maximum absolute atomic E-state index is 11.5. The summed E-state index contributed by atoms with van der Waals surface area (Å²) in [5, 5.41) is 19.6. The zero-order valence-corrected chi connectivity index (χ0v) is 8.31. The molecule has 0 aromatic carbocycles. The van der Waals surface area contributed by atoms with Gasteiger partial charge in [0.25, 0.3) is 0 Å². The van der Waals surface area contributed by atoms with Crippen LogP contribution in [0.15, 0.2) is 0 Å². The van der Waals surface area contributed by atoms with Gasteiger partial charge in [-0.1, -0.05) is 0 Å². The van der Waals surface area contributed by atoms with Crippen molar-refractivity contribution in [2.75, 3.05) is 19.8 Å². The Hall–Kier alpha value is -1.14. The van der Waals surface area contributed by atoms with Crippen molar-refractivity contribution >= 4 is 11.9 Å². The lowest BCUT2D eigenvalue weighted by Gasteiger charge is -2.22. The molecular formula is C9H15NO5. The molecule has 0 aromatic heterocycles. The number of carbonyl (C=O) groups excluding carboxylic acids is 1. The summed E-state index contributed by atoms with van der Waals surface area (Å²) in [6.07, 6.45) is 1.20. The number of hydrogen-bond acceptors (Lipinski definition) is 4. The second-order valence-corrected chi connectivity index (χ2v) is 3.47. The van der Waals surface area contributed by atoms with E-state index in [4.69, 9.17) is 14.9 Å². The molecule has 6 heteroatoms. The van der Waals surface area contributed by atoms with Crippen LogP contribution in [0.25, 0.3) is 0 Å². The number of carboxylic acids is 1. The highest BCUT2D eigenvalue weighted by atomic mass is 16.5. The molecule has 0 aromatic rings. The van der Waals surface area contributed by atoms with Crippen LogP contribution < -0.4 is 5.32 Å². The Morgan fingerprint density at radius 3 is 2.47 bits per heavy atom. The quantitative estimate of drug-likeness (QED) is 0.560. The monoisotopic (exact) mass is 217 g/mol. The number of carboxylic acid groups (broad SMARTS) is 1. The number of aliphatic carboxylic acids is 1. The number of aliphatic hydroxyl groups is 1. The average molecular weight is 217 g/mol. The molecule has 0 unspecified atom stereocenters. The molecule has 1 rings (SSSR count). The Morgan fingerprint density at radius 2 is 2.00 bits per heavy atom. The van der Waals surface area contributed by atoms with Gasteiger partial charge in [0.05, 0.1) is 6.61 Å². The van der Waals surface area contributed by atoms with Crippen LogP contribution in [0, 0.1) is 5.92 Å². The van der Waals surface area contributed by atoms with Gasteiger partial charge in [0, 0.05) is 19.1 Å². The van der Waals surface area contributed by atoms with E-state index in [0.717, 1.165) is 0 Å². The van der Waals surface area contributed by atoms with Crippen molar-refractivity contribution < 1.29 is 24.5 Å². The van der Waals surface area contributed by atoms with E-state index < -0.39 is 18.6 Å². The topological polar surface area (TPSA) is 95.9 Å². The van der Waals surface area contributed by atoms with Crippen molar-refractivity contribution in [3.63, 3.8) is 0 Å². The van der Waals surface area contributed by atoms with E-state index in [1.54, 1.807) is 0 Å². The van der Waals surface area contributed by atoms with E-state index in [2.05, 4.69) is 5.32 Å². The molecule has 15 heavy (non-hydrogen) atoms. The largest absolute Gasteiger partial charge is 0.480 e. The highest BCUT2D eigenvalue weighted by molar-refractivity contribution is 5.85. The lowest BCUT2D eigenvalue weighted by atomic mass is 9.99. The normalized spacial score (nSPS) is 19.5. The fourth-order valence-electron chi connectivity index (χ4n) is 1.43. The third-order valence-corrected chi connectivity index (χ3v) is 2.39. The maximum atomic E-state index is 11.5. The summed E-state index contributed by atoms with van der Waals surface area (Å²) in [6.45, 7) is 0.453. The summed E-state index contributed by atoms with van der Waals surface area (Å²) >= 11 is 0. The van der Waals surface area contributed by atoms with E-state index in [0.29, 0.717) is 26.1 Å². The van der Waals surface area contributed by atoms with Crippen molar-refractivity contribution in [3.05, 3.63) is 0 Å². The molecule has 1 saturated heterocycles. The van der Waals surface area contributed by atoms with Crippen molar-refractivity contribution in [2.45, 2.75) is 18.9 Å². The maximum Gasteiger partial charge on any atom is 0.328 e. The van der Waals surface area contributed by atoms with Gasteiger partial charge >= 0.3 is 5.97 Å². The van der Waals surface area contributed by atoms with E-state index in [1.165, 1.54) is 0 Å². The number of hydrogen-bond donors (Lipinski definition) is 3. The Bertz CT molecular complexity index is 237. The van der Waals surface area contributed by atoms with Gasteiger partial charge in [-0.05, 0) is 12.8 Å². The van der Waals surface area contributed by atoms with Crippen molar-refractivity contribution in [1.29, 1.82) is 0 Å². The van der Waals surface area contributed by atoms with E-state index in [1.807, 2.05) is 0 Å². The molecule has 0 saturated carbocycles. The minimum Gasteiger partial charge on any atom is -0.480 e. The van der Waals surface area contributed by atoms with Crippen molar-refractivity contribution in [2.24, 2.45) is 5.92 Å². The summed E-state index contributed by atoms with van der Waals surface area (Å²) in [5.74, 6) is -1.75. The Morgan fingerprint density at radius 1 is 1.40 bits per heavy atom. The van der Waals surface area contributed by atoms with E-state index >= 15 is 0 Å². The Kier molecular flexibility index (Phi) is 4.51. The van der Waals surface area contributed by atoms with Gasteiger partial charge < -0.3 is 20.3 Å². The SMILES string of the molecule is O=C(N[C@@H](CO)C(=O)O)C1CCOCC1. The molecule has 0 aliphatic carbocycles. The van der Waals surface area contributed by atoms with Gasteiger partial charge in [0.15, 0.2) is 0 Å². The van der Waals surface area contributed by atoms with Crippen LogP contribution in [-0.4, -0.2) is 48.0 Å². The van der Waals surface area contributed by atoms with Gasteiger partial charge in [-0.3, -0.25) is 4.79 Å². The number of nitrogens with one attached hydrogen (secondary N) is 1. The van der Waals surface area contributed by atoms with E-state index in [9.17, 15) is 9.59 Å². The molecule has 0 spiro atoms. The smallest absolute Gasteiger partial charge is 0.328 e. The van der Waals surface area contributed by atoms with Crippen LogP contribution in [-0.2, 0) is 14.3 Å². The fourth-order valence-corrected chi connectivity index (χ4v) is 1.43. The molecule has 1 heterocycles. The second-order valence-electron chi connectivity index (χ2n) is 3.47. The molecule has 0 radical (unpaired) electrons. The first-order chi connectivity index (χ1) is 7.15. The highest BCUT2D eigenvalue weighted by Crippen LogP contribution is 2.14.